The van der Waals surface area contributed by atoms with Crippen LogP contribution in [0, 0.1) is 17.3 Å². The van der Waals surface area contributed by atoms with Gasteiger partial charge in [0, 0.05) is 11.8 Å². The van der Waals surface area contributed by atoms with Gasteiger partial charge in [0.15, 0.2) is 0 Å². The number of aryl methyl sites for hydroxylation is 1. The number of ketones is 1. The Balaban J connectivity index is 1.72. The topological polar surface area (TPSA) is 26.3 Å². The van der Waals surface area contributed by atoms with E-state index in [0.29, 0.717) is 30.0 Å². The van der Waals surface area contributed by atoms with E-state index in [9.17, 15) is 4.79 Å². The molecule has 4 atom stereocenters. The molecule has 2 heteroatoms. The highest BCUT2D eigenvalue weighted by Gasteiger charge is 2.51. The molecule has 1 fully saturated rings. The number of rotatable bonds is 1. The summed E-state index contributed by atoms with van der Waals surface area (Å²) in [4.78, 5) is 12.5. The lowest BCUT2D eigenvalue weighted by Gasteiger charge is -2.51. The monoisotopic (exact) mass is 296 g/mol. The van der Waals surface area contributed by atoms with Crippen LogP contribution in [0.3, 0.4) is 0 Å². The molecule has 3 aliphatic carbocycles. The Morgan fingerprint density at radius 2 is 2.14 bits per heavy atom. The fourth-order valence-corrected chi connectivity index (χ4v) is 5.17. The van der Waals surface area contributed by atoms with Gasteiger partial charge in [-0.15, -0.1) is 0 Å². The molecule has 1 aromatic rings. The summed E-state index contributed by atoms with van der Waals surface area (Å²) in [6, 6.07) is 6.57. The average molecular weight is 296 g/mol. The number of ether oxygens (including phenoxy) is 1. The average Bonchev–Trinajstić information content (AvgIpc) is 2.55. The number of carbonyl (C=O) groups is 1. The summed E-state index contributed by atoms with van der Waals surface area (Å²) >= 11 is 0. The van der Waals surface area contributed by atoms with Crippen molar-refractivity contribution in [2.45, 2.75) is 44.9 Å². The molecule has 0 unspecified atom stereocenters. The lowest BCUT2D eigenvalue weighted by Crippen LogP contribution is -2.47. The van der Waals surface area contributed by atoms with Gasteiger partial charge in [-0.1, -0.05) is 25.1 Å². The maximum atomic E-state index is 12.5. The number of fused-ring (bicyclic) bond motifs is 5. The zero-order chi connectivity index (χ0) is 15.3. The molecule has 0 amide bonds. The van der Waals surface area contributed by atoms with Crippen molar-refractivity contribution in [1.82, 2.24) is 0 Å². The molecule has 0 aliphatic heterocycles. The van der Waals surface area contributed by atoms with Crippen molar-refractivity contribution in [2.75, 3.05) is 7.11 Å². The highest BCUT2D eigenvalue weighted by molar-refractivity contribution is 5.87. The van der Waals surface area contributed by atoms with Gasteiger partial charge in [0.1, 0.15) is 11.5 Å². The Kier molecular flexibility index (Phi) is 3.18. The molecule has 0 aromatic heterocycles. The van der Waals surface area contributed by atoms with Crippen LogP contribution in [0.5, 0.6) is 5.75 Å². The van der Waals surface area contributed by atoms with Gasteiger partial charge in [-0.05, 0) is 66.7 Å². The molecule has 1 aromatic carbocycles. The molecular weight excluding hydrogens is 272 g/mol. The van der Waals surface area contributed by atoms with Crippen LogP contribution in [-0.4, -0.2) is 12.9 Å². The Morgan fingerprint density at radius 3 is 2.95 bits per heavy atom. The lowest BCUT2D eigenvalue weighted by atomic mass is 9.52. The molecule has 0 saturated heterocycles. The Bertz CT molecular complexity index is 645. The van der Waals surface area contributed by atoms with Crippen LogP contribution in [0.1, 0.15) is 49.7 Å². The van der Waals surface area contributed by atoms with Crippen molar-refractivity contribution < 1.29 is 9.53 Å². The van der Waals surface area contributed by atoms with Crippen molar-refractivity contribution in [3.8, 4) is 5.75 Å². The van der Waals surface area contributed by atoms with Gasteiger partial charge in [0.2, 0.25) is 0 Å². The van der Waals surface area contributed by atoms with E-state index in [1.165, 1.54) is 17.5 Å². The standard InChI is InChI=1S/C20H24O2/c1-20-11-10-16-15-9-7-14(22-2)12-13(15)6-8-17(16)18(20)4-3-5-19(20)21/h3-4,7,9,12,16-18H,5-6,8,10-11H2,1-2H3/t16-,17-,18+,20+/m1/s1. The Morgan fingerprint density at radius 1 is 1.27 bits per heavy atom. The molecule has 0 spiro atoms. The smallest absolute Gasteiger partial charge is 0.143 e. The number of benzene rings is 1. The molecule has 4 rings (SSSR count). The van der Waals surface area contributed by atoms with Crippen LogP contribution in [0.2, 0.25) is 0 Å². The molecule has 2 nitrogen and oxygen atoms in total. The normalized spacial score (nSPS) is 36.3. The summed E-state index contributed by atoms with van der Waals surface area (Å²) in [5, 5.41) is 0. The van der Waals surface area contributed by atoms with E-state index in [1.807, 2.05) is 0 Å². The van der Waals surface area contributed by atoms with Crippen molar-refractivity contribution in [3.05, 3.63) is 41.5 Å². The molecule has 0 N–H and O–H groups in total. The Hall–Kier alpha value is -1.57. The molecule has 0 radical (unpaired) electrons. The summed E-state index contributed by atoms with van der Waals surface area (Å²) in [5.74, 6) is 3.09. The van der Waals surface area contributed by atoms with E-state index in [-0.39, 0.29) is 5.41 Å². The van der Waals surface area contributed by atoms with Gasteiger partial charge >= 0.3 is 0 Å². The van der Waals surface area contributed by atoms with Crippen molar-refractivity contribution in [1.29, 1.82) is 0 Å². The molecule has 3 aliphatic rings. The number of hydrogen-bond donors (Lipinski definition) is 0. The molecular formula is C20H24O2. The number of methoxy groups -OCH3 is 1. The number of carbonyl (C=O) groups excluding carboxylic acids is 1. The second kappa shape index (κ2) is 4.97. The molecule has 22 heavy (non-hydrogen) atoms. The second-order valence-electron chi connectivity index (χ2n) is 7.41. The maximum absolute atomic E-state index is 12.5. The third-order valence-electron chi connectivity index (χ3n) is 6.47. The van der Waals surface area contributed by atoms with Gasteiger partial charge in [0.05, 0.1) is 7.11 Å². The first-order valence-corrected chi connectivity index (χ1v) is 8.50. The number of Topliss-reactive ketones (excluding diaryl/α,β-unsaturated/α-hetero) is 1. The van der Waals surface area contributed by atoms with Crippen molar-refractivity contribution >= 4 is 5.78 Å². The van der Waals surface area contributed by atoms with Crippen LogP contribution in [-0.2, 0) is 11.2 Å². The van der Waals surface area contributed by atoms with Gasteiger partial charge in [-0.3, -0.25) is 4.79 Å². The van der Waals surface area contributed by atoms with Crippen LogP contribution in [0.4, 0.5) is 0 Å². The summed E-state index contributed by atoms with van der Waals surface area (Å²) < 4.78 is 5.38. The van der Waals surface area contributed by atoms with Crippen LogP contribution in [0.15, 0.2) is 30.4 Å². The highest BCUT2D eigenvalue weighted by Crippen LogP contribution is 2.57. The predicted molar refractivity (Wildman–Crippen MR) is 87.1 cm³/mol. The highest BCUT2D eigenvalue weighted by atomic mass is 16.5. The molecule has 116 valence electrons. The van der Waals surface area contributed by atoms with E-state index >= 15 is 0 Å². The van der Waals surface area contributed by atoms with Crippen molar-refractivity contribution in [3.63, 3.8) is 0 Å². The third-order valence-corrected chi connectivity index (χ3v) is 6.47. The Labute approximate surface area is 132 Å². The van der Waals surface area contributed by atoms with Gasteiger partial charge in [-0.2, -0.15) is 0 Å². The minimum Gasteiger partial charge on any atom is -0.497 e. The lowest BCUT2D eigenvalue weighted by molar-refractivity contribution is -0.134. The zero-order valence-corrected chi connectivity index (χ0v) is 13.5. The van der Waals surface area contributed by atoms with Gasteiger partial charge < -0.3 is 4.74 Å². The number of hydrogen-bond acceptors (Lipinski definition) is 2. The van der Waals surface area contributed by atoms with E-state index in [1.54, 1.807) is 7.11 Å². The first-order chi connectivity index (χ1) is 10.6. The summed E-state index contributed by atoms with van der Waals surface area (Å²) in [6.07, 6.45) is 9.60. The van der Waals surface area contributed by atoms with Gasteiger partial charge in [-0.25, -0.2) is 0 Å². The predicted octanol–water partition coefficient (Wildman–Crippen LogP) is 4.29. The quantitative estimate of drug-likeness (QED) is 0.723. The zero-order valence-electron chi connectivity index (χ0n) is 13.5. The van der Waals surface area contributed by atoms with Gasteiger partial charge in [0.25, 0.3) is 0 Å². The second-order valence-corrected chi connectivity index (χ2v) is 7.41. The van der Waals surface area contributed by atoms with Crippen LogP contribution in [0.25, 0.3) is 0 Å². The summed E-state index contributed by atoms with van der Waals surface area (Å²) in [6.45, 7) is 2.21. The van der Waals surface area contributed by atoms with Crippen molar-refractivity contribution in [2.24, 2.45) is 17.3 Å². The van der Waals surface area contributed by atoms with E-state index in [0.717, 1.165) is 25.0 Å². The molecule has 0 bridgehead atoms. The van der Waals surface area contributed by atoms with E-state index < -0.39 is 0 Å². The number of allylic oxidation sites excluding steroid dienone is 2. The minimum atomic E-state index is -0.111. The summed E-state index contributed by atoms with van der Waals surface area (Å²) in [7, 11) is 1.73. The third kappa shape index (κ3) is 1.89. The fourth-order valence-electron chi connectivity index (χ4n) is 5.17. The maximum Gasteiger partial charge on any atom is 0.143 e. The minimum absolute atomic E-state index is 0.111. The van der Waals surface area contributed by atoms with Crippen LogP contribution < -0.4 is 4.74 Å². The largest absolute Gasteiger partial charge is 0.497 e. The SMILES string of the molecule is COc1ccc2c(c1)CC[C@@H]1[C@@H]2CC[C@]2(C)C(=O)CC=C[C@@H]12. The van der Waals surface area contributed by atoms with Crippen LogP contribution >= 0.6 is 0 Å². The molecule has 0 heterocycles. The summed E-state index contributed by atoms with van der Waals surface area (Å²) in [5.41, 5.74) is 2.85. The molecule has 1 saturated carbocycles. The van der Waals surface area contributed by atoms with E-state index in [4.69, 9.17) is 4.74 Å². The fraction of sp³-hybridized carbons (Fsp3) is 0.550. The first kappa shape index (κ1) is 14.0. The van der Waals surface area contributed by atoms with E-state index in [2.05, 4.69) is 37.3 Å². The first-order valence-electron chi connectivity index (χ1n) is 8.50.